The van der Waals surface area contributed by atoms with Crippen LogP contribution in [0.25, 0.3) is 0 Å². The Hall–Kier alpha value is -0.610. The minimum Gasteiger partial charge on any atom is -0.379 e. The van der Waals surface area contributed by atoms with Gasteiger partial charge in [-0.05, 0) is 6.54 Å². The van der Waals surface area contributed by atoms with Gasteiger partial charge in [0.1, 0.15) is 0 Å². The Morgan fingerprint density at radius 3 is 1.74 bits per heavy atom. The molecule has 0 spiro atoms. The predicted molar refractivity (Wildman–Crippen MR) is 82.4 cm³/mol. The first kappa shape index (κ1) is 20.7. The molecule has 1 fully saturated rings. The molecule has 0 N–H and O–H groups in total. The highest BCUT2D eigenvalue weighted by Crippen LogP contribution is 2.14. The van der Waals surface area contributed by atoms with E-state index in [1.54, 1.807) is 19.0 Å². The zero-order valence-electron chi connectivity index (χ0n) is 14.2. The van der Waals surface area contributed by atoms with Gasteiger partial charge in [0.05, 0.1) is 13.2 Å². The average molecular weight is 274 g/mol. The van der Waals surface area contributed by atoms with E-state index in [1.165, 1.54) is 6.54 Å². The molecule has 4 heteroatoms. The quantitative estimate of drug-likeness (QED) is 0.736. The molecule has 0 atom stereocenters. The van der Waals surface area contributed by atoms with E-state index >= 15 is 0 Å². The zero-order valence-corrected chi connectivity index (χ0v) is 14.2. The molecule has 0 aromatic rings. The third kappa shape index (κ3) is 11.0. The van der Waals surface area contributed by atoms with Gasteiger partial charge in [-0.3, -0.25) is 9.69 Å². The molecular formula is C15H34N2O2. The van der Waals surface area contributed by atoms with Crippen molar-refractivity contribution in [3.8, 4) is 0 Å². The van der Waals surface area contributed by atoms with E-state index < -0.39 is 0 Å². The predicted octanol–water partition coefficient (Wildman–Crippen LogP) is 2.49. The van der Waals surface area contributed by atoms with Crippen molar-refractivity contribution < 1.29 is 9.53 Å². The molecule has 0 aromatic carbocycles. The molecule has 19 heavy (non-hydrogen) atoms. The molecule has 1 heterocycles. The Labute approximate surface area is 120 Å². The molecule has 0 bridgehead atoms. The number of carbonyl (C=O) groups is 1. The fourth-order valence-electron chi connectivity index (χ4n) is 1.59. The molecular weight excluding hydrogens is 240 g/mol. The Morgan fingerprint density at radius 2 is 1.58 bits per heavy atom. The molecule has 0 aliphatic carbocycles. The number of hydrogen-bond donors (Lipinski definition) is 0. The minimum atomic E-state index is -0.233. The lowest BCUT2D eigenvalue weighted by Gasteiger charge is -2.24. The van der Waals surface area contributed by atoms with E-state index in [1.807, 2.05) is 34.6 Å². The normalized spacial score (nSPS) is 15.6. The van der Waals surface area contributed by atoms with Gasteiger partial charge in [-0.25, -0.2) is 0 Å². The molecule has 4 nitrogen and oxygen atoms in total. The van der Waals surface area contributed by atoms with Gasteiger partial charge >= 0.3 is 0 Å². The minimum absolute atomic E-state index is 0.169. The standard InChI is InChI=1S/C7H15NO.C6H13NO.C2H6/c1-7(2,3)6(9)8(4)5;1-2-7-3-5-8-6-4-7;1-2/h1-5H3;2-6H2,1H3;1-2H3. The van der Waals surface area contributed by atoms with Crippen molar-refractivity contribution in [2.75, 3.05) is 46.9 Å². The summed E-state index contributed by atoms with van der Waals surface area (Å²) in [5.74, 6) is 0.169. The van der Waals surface area contributed by atoms with Crippen molar-refractivity contribution in [2.45, 2.75) is 41.5 Å². The molecule has 0 radical (unpaired) electrons. The van der Waals surface area contributed by atoms with Crippen LogP contribution < -0.4 is 0 Å². The topological polar surface area (TPSA) is 32.8 Å². The van der Waals surface area contributed by atoms with Gasteiger partial charge in [-0.1, -0.05) is 41.5 Å². The van der Waals surface area contributed by atoms with Crippen LogP contribution in [0.4, 0.5) is 0 Å². The van der Waals surface area contributed by atoms with E-state index in [0.29, 0.717) is 0 Å². The number of nitrogens with zero attached hydrogens (tertiary/aromatic N) is 2. The highest BCUT2D eigenvalue weighted by Gasteiger charge is 2.22. The maximum Gasteiger partial charge on any atom is 0.227 e. The molecule has 1 rings (SSSR count). The summed E-state index contributed by atoms with van der Waals surface area (Å²) in [6.45, 7) is 17.2. The second-order valence-corrected chi connectivity index (χ2v) is 5.50. The van der Waals surface area contributed by atoms with Crippen molar-refractivity contribution in [2.24, 2.45) is 5.41 Å². The van der Waals surface area contributed by atoms with Crippen molar-refractivity contribution in [3.63, 3.8) is 0 Å². The van der Waals surface area contributed by atoms with E-state index in [4.69, 9.17) is 4.74 Å². The Kier molecular flexibility index (Phi) is 12.2. The fourth-order valence-corrected chi connectivity index (χ4v) is 1.59. The van der Waals surface area contributed by atoms with Crippen LogP contribution in [-0.2, 0) is 9.53 Å². The van der Waals surface area contributed by atoms with E-state index in [-0.39, 0.29) is 11.3 Å². The first-order chi connectivity index (χ1) is 8.79. The van der Waals surface area contributed by atoms with Crippen LogP contribution in [0.15, 0.2) is 0 Å². The van der Waals surface area contributed by atoms with Gasteiger partial charge in [0, 0.05) is 32.6 Å². The summed E-state index contributed by atoms with van der Waals surface area (Å²) in [5, 5.41) is 0. The zero-order chi connectivity index (χ0) is 15.5. The number of amides is 1. The number of hydrogen-bond acceptors (Lipinski definition) is 3. The molecule has 1 aliphatic rings. The van der Waals surface area contributed by atoms with Gasteiger partial charge in [-0.15, -0.1) is 0 Å². The third-order valence-electron chi connectivity index (χ3n) is 2.60. The number of ether oxygens (including phenoxy) is 1. The van der Waals surface area contributed by atoms with Crippen LogP contribution in [-0.4, -0.2) is 62.7 Å². The lowest BCUT2D eigenvalue weighted by Crippen LogP contribution is -2.35. The van der Waals surface area contributed by atoms with Crippen LogP contribution in [0.2, 0.25) is 0 Å². The molecule has 1 saturated heterocycles. The van der Waals surface area contributed by atoms with Crippen LogP contribution in [0, 0.1) is 5.41 Å². The van der Waals surface area contributed by atoms with Gasteiger partial charge in [0.15, 0.2) is 0 Å². The van der Waals surface area contributed by atoms with Gasteiger partial charge in [-0.2, -0.15) is 0 Å². The third-order valence-corrected chi connectivity index (χ3v) is 2.60. The smallest absolute Gasteiger partial charge is 0.227 e. The van der Waals surface area contributed by atoms with Crippen molar-refractivity contribution in [3.05, 3.63) is 0 Å². The summed E-state index contributed by atoms with van der Waals surface area (Å²) in [4.78, 5) is 15.1. The lowest BCUT2D eigenvalue weighted by molar-refractivity contribution is -0.136. The highest BCUT2D eigenvalue weighted by molar-refractivity contribution is 5.80. The van der Waals surface area contributed by atoms with Crippen LogP contribution in [0.1, 0.15) is 41.5 Å². The molecule has 1 amide bonds. The number of likely N-dealkylation sites (N-methyl/N-ethyl adjacent to an activating group) is 1. The SMILES string of the molecule is CC.CCN1CCOCC1.CN(C)C(=O)C(C)(C)C. The van der Waals surface area contributed by atoms with E-state index in [9.17, 15) is 4.79 Å². The van der Waals surface area contributed by atoms with E-state index in [2.05, 4.69) is 11.8 Å². The first-order valence-electron chi connectivity index (χ1n) is 7.31. The summed E-state index contributed by atoms with van der Waals surface area (Å²) in [6, 6.07) is 0. The monoisotopic (exact) mass is 274 g/mol. The van der Waals surface area contributed by atoms with Gasteiger partial charge in [0.25, 0.3) is 0 Å². The summed E-state index contributed by atoms with van der Waals surface area (Å²) in [6.07, 6.45) is 0. The summed E-state index contributed by atoms with van der Waals surface area (Å²) in [7, 11) is 3.54. The largest absolute Gasteiger partial charge is 0.379 e. The summed E-state index contributed by atoms with van der Waals surface area (Å²) < 4.78 is 5.16. The fraction of sp³-hybridized carbons (Fsp3) is 0.933. The number of morpholine rings is 1. The number of rotatable bonds is 1. The second kappa shape index (κ2) is 11.2. The maximum atomic E-state index is 11.1. The lowest BCUT2D eigenvalue weighted by atomic mass is 9.95. The van der Waals surface area contributed by atoms with Crippen LogP contribution in [0.3, 0.4) is 0 Å². The van der Waals surface area contributed by atoms with Crippen molar-refractivity contribution >= 4 is 5.91 Å². The maximum absolute atomic E-state index is 11.1. The molecule has 1 aliphatic heterocycles. The molecule has 0 aromatic heterocycles. The Balaban J connectivity index is 0. The van der Waals surface area contributed by atoms with Crippen molar-refractivity contribution in [1.29, 1.82) is 0 Å². The molecule has 116 valence electrons. The summed E-state index contributed by atoms with van der Waals surface area (Å²) >= 11 is 0. The summed E-state index contributed by atoms with van der Waals surface area (Å²) in [5.41, 5.74) is -0.233. The average Bonchev–Trinajstić information content (AvgIpc) is 2.40. The second-order valence-electron chi connectivity index (χ2n) is 5.50. The first-order valence-corrected chi connectivity index (χ1v) is 7.31. The van der Waals surface area contributed by atoms with Gasteiger partial charge < -0.3 is 9.64 Å². The Bertz CT molecular complexity index is 217. The highest BCUT2D eigenvalue weighted by atomic mass is 16.5. The molecule has 0 unspecified atom stereocenters. The van der Waals surface area contributed by atoms with Crippen LogP contribution in [0.5, 0.6) is 0 Å². The Morgan fingerprint density at radius 1 is 1.16 bits per heavy atom. The van der Waals surface area contributed by atoms with E-state index in [0.717, 1.165) is 26.3 Å². The van der Waals surface area contributed by atoms with Gasteiger partial charge in [0.2, 0.25) is 5.91 Å². The van der Waals surface area contributed by atoms with Crippen LogP contribution >= 0.6 is 0 Å². The molecule has 0 saturated carbocycles. The van der Waals surface area contributed by atoms with Crippen molar-refractivity contribution in [1.82, 2.24) is 9.80 Å². The number of carbonyl (C=O) groups excluding carboxylic acids is 1.